The van der Waals surface area contributed by atoms with E-state index < -0.39 is 0 Å². The first-order chi connectivity index (χ1) is 16.4. The number of nitrogens with two attached hydrogens (primary N) is 2. The van der Waals surface area contributed by atoms with Gasteiger partial charge < -0.3 is 16.4 Å². The Labute approximate surface area is 221 Å². The molecule has 9 heteroatoms. The molecule has 1 saturated heterocycles. The van der Waals surface area contributed by atoms with E-state index in [2.05, 4.69) is 33.0 Å². The highest BCUT2D eigenvalue weighted by molar-refractivity contribution is 7.99. The second-order valence-corrected chi connectivity index (χ2v) is 8.97. The highest BCUT2D eigenvalue weighted by atomic mass is 35.5. The average Bonchev–Trinajstić information content (AvgIpc) is 2.85. The molecule has 4 N–H and O–H groups in total. The zero-order chi connectivity index (χ0) is 26.4. The first-order valence-corrected chi connectivity index (χ1v) is 14.1. The van der Waals surface area contributed by atoms with Gasteiger partial charge in [0.25, 0.3) is 0 Å². The molecule has 34 heavy (non-hydrogen) atoms. The van der Waals surface area contributed by atoms with Gasteiger partial charge in [-0.05, 0) is 57.7 Å². The summed E-state index contributed by atoms with van der Waals surface area (Å²) in [7, 11) is 0. The van der Waals surface area contributed by atoms with Gasteiger partial charge in [-0.1, -0.05) is 49.4 Å². The zero-order valence-corrected chi connectivity index (χ0v) is 24.0. The Kier molecular flexibility index (Phi) is 23.3. The largest absolute Gasteiger partial charge is 0.382 e. The quantitative estimate of drug-likeness (QED) is 0.419. The molecule has 0 saturated carbocycles. The third-order valence-corrected chi connectivity index (χ3v) is 5.47. The minimum atomic E-state index is 0.323. The second kappa shape index (κ2) is 23.0. The summed E-state index contributed by atoms with van der Waals surface area (Å²) >= 11 is 9.33. The molecule has 3 rings (SSSR count). The molecule has 3 heterocycles. The van der Waals surface area contributed by atoms with Crippen molar-refractivity contribution in [2.24, 2.45) is 11.7 Å². The van der Waals surface area contributed by atoms with Gasteiger partial charge in [0.15, 0.2) is 0 Å². The number of piperidine rings is 1. The zero-order valence-electron chi connectivity index (χ0n) is 21.6. The van der Waals surface area contributed by atoms with E-state index in [1.165, 1.54) is 11.8 Å². The number of halogens is 1. The maximum absolute atomic E-state index is 6.15. The van der Waals surface area contributed by atoms with Crippen LogP contribution < -0.4 is 16.4 Å². The Bertz CT molecular complexity index is 761. The van der Waals surface area contributed by atoms with E-state index >= 15 is 0 Å². The van der Waals surface area contributed by atoms with Crippen LogP contribution in [0.3, 0.4) is 0 Å². The van der Waals surface area contributed by atoms with Gasteiger partial charge in [0.1, 0.15) is 16.7 Å². The smallest absolute Gasteiger partial charge is 0.147 e. The highest BCUT2D eigenvalue weighted by Crippen LogP contribution is 2.34. The minimum Gasteiger partial charge on any atom is -0.382 e. The lowest BCUT2D eigenvalue weighted by Crippen LogP contribution is -2.36. The van der Waals surface area contributed by atoms with Crippen LogP contribution in [-0.2, 0) is 0 Å². The van der Waals surface area contributed by atoms with E-state index in [1.807, 2.05) is 52.5 Å². The Morgan fingerprint density at radius 3 is 2.06 bits per heavy atom. The molecule has 2 aromatic heterocycles. The number of allylic oxidation sites excluding steroid dienone is 2. The molecule has 1 aliphatic rings. The van der Waals surface area contributed by atoms with Crippen LogP contribution in [0.25, 0.3) is 0 Å². The summed E-state index contributed by atoms with van der Waals surface area (Å²) in [6.07, 6.45) is 15.0. The number of rotatable bonds is 4. The fourth-order valence-electron chi connectivity index (χ4n) is 2.56. The molecular formula is C25H43ClN6S2. The van der Waals surface area contributed by atoms with Gasteiger partial charge in [0.05, 0.1) is 17.4 Å². The third-order valence-electron chi connectivity index (χ3n) is 3.98. The molecule has 0 radical (unpaired) electrons. The number of anilines is 2. The van der Waals surface area contributed by atoms with Gasteiger partial charge in [-0.25, -0.2) is 15.0 Å². The predicted octanol–water partition coefficient (Wildman–Crippen LogP) is 6.82. The molecule has 0 aromatic carbocycles. The molecule has 0 atom stereocenters. The third kappa shape index (κ3) is 14.5. The van der Waals surface area contributed by atoms with Crippen LogP contribution in [0.15, 0.2) is 59.9 Å². The van der Waals surface area contributed by atoms with Gasteiger partial charge >= 0.3 is 0 Å². The van der Waals surface area contributed by atoms with E-state index in [1.54, 1.807) is 36.3 Å². The summed E-state index contributed by atoms with van der Waals surface area (Å²) < 4.78 is 0. The van der Waals surface area contributed by atoms with Crippen molar-refractivity contribution in [2.75, 3.05) is 42.8 Å². The number of hydrogen-bond acceptors (Lipinski definition) is 8. The van der Waals surface area contributed by atoms with Crippen LogP contribution in [0.1, 0.15) is 40.5 Å². The van der Waals surface area contributed by atoms with Crippen molar-refractivity contribution in [3.8, 4) is 0 Å². The lowest BCUT2D eigenvalue weighted by molar-refractivity contribution is 0.413. The number of nitrogens with zero attached hydrogens (tertiary/aromatic N) is 4. The number of pyridine rings is 1. The Balaban J connectivity index is 0. The molecule has 0 amide bonds. The molecule has 0 bridgehead atoms. The summed E-state index contributed by atoms with van der Waals surface area (Å²) in [5.41, 5.74) is 11.4. The van der Waals surface area contributed by atoms with Crippen molar-refractivity contribution < 1.29 is 0 Å². The van der Waals surface area contributed by atoms with Crippen molar-refractivity contribution in [2.45, 2.75) is 50.5 Å². The van der Waals surface area contributed by atoms with Gasteiger partial charge in [-0.2, -0.15) is 11.8 Å². The summed E-state index contributed by atoms with van der Waals surface area (Å²) in [4.78, 5) is 16.0. The van der Waals surface area contributed by atoms with E-state index in [4.69, 9.17) is 23.1 Å². The first kappa shape index (κ1) is 34.4. The number of nitrogen functional groups attached to an aromatic ring is 1. The lowest BCUT2D eigenvalue weighted by Gasteiger charge is -2.31. The fraction of sp³-hybridized carbons (Fsp3) is 0.480. The van der Waals surface area contributed by atoms with E-state index in [9.17, 15) is 0 Å². The first-order valence-electron chi connectivity index (χ1n) is 11.3. The molecule has 6 nitrogen and oxygen atoms in total. The molecule has 1 aliphatic heterocycles. The van der Waals surface area contributed by atoms with Crippen molar-refractivity contribution in [3.63, 3.8) is 0 Å². The van der Waals surface area contributed by atoms with Crippen LogP contribution in [0.5, 0.6) is 0 Å². The van der Waals surface area contributed by atoms with Crippen molar-refractivity contribution >= 4 is 46.8 Å². The minimum absolute atomic E-state index is 0.323. The summed E-state index contributed by atoms with van der Waals surface area (Å²) in [6.45, 7) is 17.2. The monoisotopic (exact) mass is 526 g/mol. The van der Waals surface area contributed by atoms with Crippen LogP contribution in [0, 0.1) is 5.92 Å². The summed E-state index contributed by atoms with van der Waals surface area (Å²) in [5, 5.41) is 1.23. The molecule has 0 aliphatic carbocycles. The lowest BCUT2D eigenvalue weighted by atomic mass is 9.97. The van der Waals surface area contributed by atoms with Gasteiger partial charge in [0.2, 0.25) is 0 Å². The Morgan fingerprint density at radius 2 is 1.62 bits per heavy atom. The average molecular weight is 527 g/mol. The fourth-order valence-corrected chi connectivity index (χ4v) is 3.54. The number of thioether (sulfide) groups is 1. The van der Waals surface area contributed by atoms with Gasteiger partial charge in [-0.3, -0.25) is 0 Å². The van der Waals surface area contributed by atoms with Crippen LogP contribution in [0.4, 0.5) is 11.6 Å². The second-order valence-electron chi connectivity index (χ2n) is 6.71. The molecule has 0 unspecified atom stereocenters. The number of aromatic nitrogens is 3. The standard InChI is InChI=1S/C15H19ClN6S.2C3H6.C2H6S.C2H6/c16-14-11(1-4-19-15(14)18)23-13-9-20-12(8-21-13)22-5-2-10(7-17)3-6-22;3*1-3-2;1-2/h1,4,8-10H,2-3,5-7,17H2,(H2,18,19);2*3H,1H2,2H3;1-2H3;1-2H3. The maximum atomic E-state index is 6.15. The summed E-state index contributed by atoms with van der Waals surface area (Å²) in [6, 6.07) is 1.82. The summed E-state index contributed by atoms with van der Waals surface area (Å²) in [5.74, 6) is 1.86. The topological polar surface area (TPSA) is 94.0 Å². The van der Waals surface area contributed by atoms with Gasteiger partial charge in [0, 0.05) is 24.2 Å². The van der Waals surface area contributed by atoms with E-state index in [0.717, 1.165) is 48.2 Å². The highest BCUT2D eigenvalue weighted by Gasteiger charge is 2.19. The predicted molar refractivity (Wildman–Crippen MR) is 156 cm³/mol. The Hall–Kier alpha value is -1.74. The molecule has 2 aromatic rings. The molecule has 0 spiro atoms. The van der Waals surface area contributed by atoms with Crippen LogP contribution in [0.2, 0.25) is 5.02 Å². The SMILES string of the molecule is C=CC.C=CC.CC.CSC.NCC1CCN(c2cnc(Sc3ccnc(N)c3Cl)cn2)CC1. The molecule has 1 fully saturated rings. The molecule has 192 valence electrons. The normalized spacial score (nSPS) is 12.2. The van der Waals surface area contributed by atoms with E-state index in [-0.39, 0.29) is 0 Å². The van der Waals surface area contributed by atoms with Crippen molar-refractivity contribution in [3.05, 3.63) is 55.0 Å². The molecular weight excluding hydrogens is 484 g/mol. The van der Waals surface area contributed by atoms with Gasteiger partial charge in [-0.15, -0.1) is 13.2 Å². The van der Waals surface area contributed by atoms with Crippen molar-refractivity contribution in [1.82, 2.24) is 15.0 Å². The number of hydrogen-bond donors (Lipinski definition) is 2. The van der Waals surface area contributed by atoms with Crippen molar-refractivity contribution in [1.29, 1.82) is 0 Å². The van der Waals surface area contributed by atoms with E-state index in [0.29, 0.717) is 16.8 Å². The maximum Gasteiger partial charge on any atom is 0.147 e. The van der Waals surface area contributed by atoms with Crippen LogP contribution >= 0.6 is 35.1 Å². The Morgan fingerprint density at radius 1 is 1.09 bits per heavy atom. The van der Waals surface area contributed by atoms with Crippen LogP contribution in [-0.4, -0.2) is 47.1 Å².